The Hall–Kier alpha value is -1.22. The molecule has 0 aliphatic heterocycles. The normalized spacial score (nSPS) is 23.0. The second kappa shape index (κ2) is 6.64. The van der Waals surface area contributed by atoms with Gasteiger partial charge in [0.1, 0.15) is 5.75 Å². The lowest BCUT2D eigenvalue weighted by atomic mass is 10.0. The molecule has 2 rings (SSSR count). The van der Waals surface area contributed by atoms with E-state index in [4.69, 9.17) is 10.5 Å². The first kappa shape index (κ1) is 13.2. The van der Waals surface area contributed by atoms with Crippen LogP contribution in [0.2, 0.25) is 0 Å². The zero-order valence-corrected chi connectivity index (χ0v) is 11.2. The summed E-state index contributed by atoms with van der Waals surface area (Å²) in [6, 6.07) is 8.79. The molecule has 2 atom stereocenters. The molecule has 1 aromatic carbocycles. The van der Waals surface area contributed by atoms with Crippen molar-refractivity contribution in [1.29, 1.82) is 0 Å². The smallest absolute Gasteiger partial charge is 0.119 e. The zero-order valence-electron chi connectivity index (χ0n) is 11.2. The van der Waals surface area contributed by atoms with Crippen molar-refractivity contribution in [3.05, 3.63) is 24.3 Å². The van der Waals surface area contributed by atoms with Gasteiger partial charge in [-0.1, -0.05) is 13.3 Å². The fraction of sp³-hybridized carbons (Fsp3) is 0.600. The number of benzene rings is 1. The van der Waals surface area contributed by atoms with Crippen LogP contribution >= 0.6 is 0 Å². The standard InChI is InChI=1S/C15H24N2O/c1-2-10-18-14-8-6-13(7-9-14)17-15-5-3-4-12(15)11-16/h6-9,12,15,17H,2-5,10-11,16H2,1H3. The van der Waals surface area contributed by atoms with Gasteiger partial charge in [0.25, 0.3) is 0 Å². The predicted octanol–water partition coefficient (Wildman–Crippen LogP) is 3.01. The van der Waals surface area contributed by atoms with Gasteiger partial charge in [0.2, 0.25) is 0 Å². The van der Waals surface area contributed by atoms with Gasteiger partial charge in [-0.15, -0.1) is 0 Å². The summed E-state index contributed by atoms with van der Waals surface area (Å²) < 4.78 is 5.57. The lowest BCUT2D eigenvalue weighted by molar-refractivity contribution is 0.317. The monoisotopic (exact) mass is 248 g/mol. The molecule has 1 aliphatic rings. The summed E-state index contributed by atoms with van der Waals surface area (Å²) in [4.78, 5) is 0. The number of nitrogens with two attached hydrogens (primary N) is 1. The van der Waals surface area contributed by atoms with E-state index in [1.54, 1.807) is 0 Å². The summed E-state index contributed by atoms with van der Waals surface area (Å²) in [5.41, 5.74) is 6.97. The van der Waals surface area contributed by atoms with Crippen molar-refractivity contribution in [2.75, 3.05) is 18.5 Å². The van der Waals surface area contributed by atoms with Crippen molar-refractivity contribution < 1.29 is 4.74 Å². The minimum atomic E-state index is 0.539. The van der Waals surface area contributed by atoms with Crippen LogP contribution in [0.15, 0.2) is 24.3 Å². The Morgan fingerprint density at radius 2 is 2.06 bits per heavy atom. The highest BCUT2D eigenvalue weighted by Crippen LogP contribution is 2.28. The molecule has 0 saturated heterocycles. The molecule has 1 fully saturated rings. The van der Waals surface area contributed by atoms with Crippen LogP contribution in [0.1, 0.15) is 32.6 Å². The van der Waals surface area contributed by atoms with Crippen LogP contribution < -0.4 is 15.8 Å². The summed E-state index contributed by atoms with van der Waals surface area (Å²) >= 11 is 0. The van der Waals surface area contributed by atoms with Gasteiger partial charge in [0.05, 0.1) is 6.61 Å². The third-order valence-corrected chi connectivity index (χ3v) is 3.64. The molecule has 0 spiro atoms. The predicted molar refractivity (Wildman–Crippen MR) is 76.0 cm³/mol. The minimum absolute atomic E-state index is 0.539. The van der Waals surface area contributed by atoms with Crippen LogP contribution in [0.5, 0.6) is 5.75 Å². The molecule has 3 heteroatoms. The Morgan fingerprint density at radius 1 is 1.28 bits per heavy atom. The fourth-order valence-corrected chi connectivity index (χ4v) is 2.59. The molecule has 1 aliphatic carbocycles. The van der Waals surface area contributed by atoms with Crippen molar-refractivity contribution >= 4 is 5.69 Å². The van der Waals surface area contributed by atoms with Gasteiger partial charge in [-0.3, -0.25) is 0 Å². The topological polar surface area (TPSA) is 47.3 Å². The second-order valence-electron chi connectivity index (χ2n) is 5.05. The number of hydrogen-bond acceptors (Lipinski definition) is 3. The molecule has 1 aromatic rings. The summed E-state index contributed by atoms with van der Waals surface area (Å²) in [5.74, 6) is 1.57. The zero-order chi connectivity index (χ0) is 12.8. The molecule has 0 bridgehead atoms. The Morgan fingerprint density at radius 3 is 2.72 bits per heavy atom. The van der Waals surface area contributed by atoms with E-state index in [-0.39, 0.29) is 0 Å². The summed E-state index contributed by atoms with van der Waals surface area (Å²) in [6.45, 7) is 3.68. The van der Waals surface area contributed by atoms with E-state index in [0.717, 1.165) is 25.3 Å². The summed E-state index contributed by atoms with van der Waals surface area (Å²) in [5, 5.41) is 3.59. The molecular weight excluding hydrogens is 224 g/mol. The SMILES string of the molecule is CCCOc1ccc(NC2CCCC2CN)cc1. The van der Waals surface area contributed by atoms with E-state index in [1.807, 2.05) is 12.1 Å². The van der Waals surface area contributed by atoms with Crippen LogP contribution in [-0.2, 0) is 0 Å². The van der Waals surface area contributed by atoms with E-state index >= 15 is 0 Å². The molecule has 1 saturated carbocycles. The van der Waals surface area contributed by atoms with E-state index in [9.17, 15) is 0 Å². The van der Waals surface area contributed by atoms with Crippen LogP contribution in [0.25, 0.3) is 0 Å². The van der Waals surface area contributed by atoms with E-state index in [2.05, 4.69) is 24.4 Å². The lowest BCUT2D eigenvalue weighted by Gasteiger charge is -2.20. The molecule has 2 unspecified atom stereocenters. The van der Waals surface area contributed by atoms with Crippen LogP contribution in [0.4, 0.5) is 5.69 Å². The van der Waals surface area contributed by atoms with Crippen molar-refractivity contribution in [1.82, 2.24) is 0 Å². The third-order valence-electron chi connectivity index (χ3n) is 3.64. The first-order chi connectivity index (χ1) is 8.83. The maximum Gasteiger partial charge on any atom is 0.119 e. The molecule has 0 amide bonds. The molecular formula is C15H24N2O. The van der Waals surface area contributed by atoms with Crippen LogP contribution in [0, 0.1) is 5.92 Å². The second-order valence-corrected chi connectivity index (χ2v) is 5.05. The van der Waals surface area contributed by atoms with Gasteiger partial charge in [-0.05, 0) is 56.0 Å². The van der Waals surface area contributed by atoms with Crippen molar-refractivity contribution in [2.45, 2.75) is 38.6 Å². The van der Waals surface area contributed by atoms with Gasteiger partial charge >= 0.3 is 0 Å². The largest absolute Gasteiger partial charge is 0.494 e. The highest BCUT2D eigenvalue weighted by Gasteiger charge is 2.25. The Labute approximate surface area is 110 Å². The molecule has 0 aromatic heterocycles. The molecule has 0 heterocycles. The molecule has 0 radical (unpaired) electrons. The van der Waals surface area contributed by atoms with Gasteiger partial charge in [0.15, 0.2) is 0 Å². The average Bonchev–Trinajstić information content (AvgIpc) is 2.85. The Balaban J connectivity index is 1.89. The van der Waals surface area contributed by atoms with Crippen LogP contribution in [0.3, 0.4) is 0 Å². The Kier molecular flexibility index (Phi) is 4.88. The van der Waals surface area contributed by atoms with Crippen molar-refractivity contribution in [3.8, 4) is 5.75 Å². The van der Waals surface area contributed by atoms with Gasteiger partial charge in [-0.2, -0.15) is 0 Å². The van der Waals surface area contributed by atoms with Crippen molar-refractivity contribution in [2.24, 2.45) is 11.7 Å². The maximum atomic E-state index is 5.80. The van der Waals surface area contributed by atoms with E-state index < -0.39 is 0 Å². The quantitative estimate of drug-likeness (QED) is 0.813. The van der Waals surface area contributed by atoms with E-state index in [0.29, 0.717) is 12.0 Å². The third kappa shape index (κ3) is 3.39. The number of nitrogens with one attached hydrogen (secondary N) is 1. The number of anilines is 1. The molecule has 3 N–H and O–H groups in total. The summed E-state index contributed by atoms with van der Waals surface area (Å²) in [7, 11) is 0. The van der Waals surface area contributed by atoms with Crippen LogP contribution in [-0.4, -0.2) is 19.2 Å². The van der Waals surface area contributed by atoms with Gasteiger partial charge < -0.3 is 15.8 Å². The first-order valence-electron chi connectivity index (χ1n) is 7.03. The lowest BCUT2D eigenvalue weighted by Crippen LogP contribution is -2.29. The maximum absolute atomic E-state index is 5.80. The number of hydrogen-bond donors (Lipinski definition) is 2. The molecule has 18 heavy (non-hydrogen) atoms. The number of rotatable bonds is 6. The van der Waals surface area contributed by atoms with E-state index in [1.165, 1.54) is 24.9 Å². The van der Waals surface area contributed by atoms with Gasteiger partial charge in [0, 0.05) is 11.7 Å². The average molecular weight is 248 g/mol. The van der Waals surface area contributed by atoms with Crippen molar-refractivity contribution in [3.63, 3.8) is 0 Å². The van der Waals surface area contributed by atoms with Gasteiger partial charge in [-0.25, -0.2) is 0 Å². The highest BCUT2D eigenvalue weighted by atomic mass is 16.5. The minimum Gasteiger partial charge on any atom is -0.494 e. The first-order valence-corrected chi connectivity index (χ1v) is 7.03. The fourth-order valence-electron chi connectivity index (χ4n) is 2.59. The highest BCUT2D eigenvalue weighted by molar-refractivity contribution is 5.47. The Bertz CT molecular complexity index is 350. The summed E-state index contributed by atoms with van der Waals surface area (Å²) in [6.07, 6.45) is 4.82. The number of ether oxygens (including phenoxy) is 1. The molecule has 3 nitrogen and oxygen atoms in total. The molecule has 100 valence electrons.